The Morgan fingerprint density at radius 2 is 1.68 bits per heavy atom. The van der Waals surface area contributed by atoms with Gasteiger partial charge in [-0.3, -0.25) is 4.79 Å². The summed E-state index contributed by atoms with van der Waals surface area (Å²) in [5.74, 6) is -0.137. The third-order valence-electron chi connectivity index (χ3n) is 3.84. The van der Waals surface area contributed by atoms with Crippen molar-refractivity contribution in [3.8, 4) is 0 Å². The van der Waals surface area contributed by atoms with Gasteiger partial charge in [-0.2, -0.15) is 4.31 Å². The number of hydrogen-bond donors (Lipinski definition) is 0. The number of hydrogen-bond acceptors (Lipinski definition) is 3. The molecule has 7 heteroatoms. The maximum absolute atomic E-state index is 12.4. The fraction of sp³-hybridized carbons (Fsp3) is 0.533. The van der Waals surface area contributed by atoms with Gasteiger partial charge in [0.05, 0.1) is 11.4 Å². The zero-order chi connectivity index (χ0) is 16.2. The summed E-state index contributed by atoms with van der Waals surface area (Å²) < 4.78 is 26.0. The minimum absolute atomic E-state index is 0.134. The van der Waals surface area contributed by atoms with E-state index in [-0.39, 0.29) is 17.3 Å². The van der Waals surface area contributed by atoms with Crippen molar-refractivity contribution in [2.45, 2.75) is 30.6 Å². The molecule has 1 fully saturated rings. The standard InChI is InChI=1S/C15H21ClN2O3S/c1-17(12-15(19)18-10-4-2-3-5-11-18)22(20,21)14-8-6-13(16)7-9-14/h6-9H,2-5,10-12H2,1H3. The Kier molecular flexibility index (Phi) is 5.83. The lowest BCUT2D eigenvalue weighted by molar-refractivity contribution is -0.131. The van der Waals surface area contributed by atoms with Gasteiger partial charge in [-0.05, 0) is 37.1 Å². The van der Waals surface area contributed by atoms with Crippen molar-refractivity contribution < 1.29 is 13.2 Å². The fourth-order valence-corrected chi connectivity index (χ4v) is 3.73. The van der Waals surface area contributed by atoms with Crippen LogP contribution in [0.4, 0.5) is 0 Å². The molecule has 0 N–H and O–H groups in total. The molecule has 22 heavy (non-hydrogen) atoms. The topological polar surface area (TPSA) is 57.7 Å². The Morgan fingerprint density at radius 3 is 2.23 bits per heavy atom. The second kappa shape index (κ2) is 7.44. The van der Waals surface area contributed by atoms with E-state index in [0.29, 0.717) is 18.1 Å². The second-order valence-corrected chi connectivity index (χ2v) is 7.99. The molecule has 1 aliphatic heterocycles. The number of amides is 1. The first-order valence-electron chi connectivity index (χ1n) is 7.41. The molecule has 1 heterocycles. The molecule has 1 aromatic rings. The van der Waals surface area contributed by atoms with Gasteiger partial charge in [-0.1, -0.05) is 24.4 Å². The molecule has 0 saturated carbocycles. The molecule has 0 aliphatic carbocycles. The van der Waals surface area contributed by atoms with Crippen LogP contribution in [-0.4, -0.2) is 50.2 Å². The summed E-state index contributed by atoms with van der Waals surface area (Å²) in [5, 5.41) is 0.474. The van der Waals surface area contributed by atoms with Gasteiger partial charge in [0.25, 0.3) is 0 Å². The van der Waals surface area contributed by atoms with E-state index >= 15 is 0 Å². The molecule has 0 radical (unpaired) electrons. The predicted octanol–water partition coefficient (Wildman–Crippen LogP) is 2.36. The lowest BCUT2D eigenvalue weighted by Gasteiger charge is -2.24. The van der Waals surface area contributed by atoms with E-state index in [9.17, 15) is 13.2 Å². The minimum atomic E-state index is -3.67. The molecule has 2 rings (SSSR count). The molecular formula is C15H21ClN2O3S. The van der Waals surface area contributed by atoms with Crippen LogP contribution in [0.5, 0.6) is 0 Å². The first-order valence-corrected chi connectivity index (χ1v) is 9.23. The van der Waals surface area contributed by atoms with Gasteiger partial charge in [0.1, 0.15) is 0 Å². The summed E-state index contributed by atoms with van der Waals surface area (Å²) in [6.45, 7) is 1.30. The molecule has 1 saturated heterocycles. The SMILES string of the molecule is CN(CC(=O)N1CCCCCC1)S(=O)(=O)c1ccc(Cl)cc1. The Morgan fingerprint density at radius 1 is 1.14 bits per heavy atom. The lowest BCUT2D eigenvalue weighted by Crippen LogP contribution is -2.41. The van der Waals surface area contributed by atoms with Crippen LogP contribution in [0, 0.1) is 0 Å². The molecule has 1 amide bonds. The summed E-state index contributed by atoms with van der Waals surface area (Å²) in [6, 6.07) is 5.95. The van der Waals surface area contributed by atoms with Crippen LogP contribution >= 0.6 is 11.6 Å². The van der Waals surface area contributed by atoms with E-state index in [1.54, 1.807) is 4.90 Å². The third kappa shape index (κ3) is 4.21. The maximum atomic E-state index is 12.4. The van der Waals surface area contributed by atoms with Crippen LogP contribution in [0.25, 0.3) is 0 Å². The maximum Gasteiger partial charge on any atom is 0.243 e. The monoisotopic (exact) mass is 344 g/mol. The first kappa shape index (κ1) is 17.2. The van der Waals surface area contributed by atoms with Crippen molar-refractivity contribution in [2.75, 3.05) is 26.7 Å². The largest absolute Gasteiger partial charge is 0.342 e. The van der Waals surface area contributed by atoms with E-state index in [0.717, 1.165) is 30.0 Å². The van der Waals surface area contributed by atoms with Crippen LogP contribution in [0.15, 0.2) is 29.2 Å². The van der Waals surface area contributed by atoms with Gasteiger partial charge in [-0.15, -0.1) is 0 Å². The van der Waals surface area contributed by atoms with Crippen LogP contribution < -0.4 is 0 Å². The van der Waals surface area contributed by atoms with Crippen LogP contribution in [-0.2, 0) is 14.8 Å². The second-order valence-electron chi connectivity index (χ2n) is 5.51. The van der Waals surface area contributed by atoms with Crippen molar-refractivity contribution >= 4 is 27.5 Å². The quantitative estimate of drug-likeness (QED) is 0.842. The Balaban J connectivity index is 2.05. The average molecular weight is 345 g/mol. The van der Waals surface area contributed by atoms with Gasteiger partial charge < -0.3 is 4.90 Å². The molecule has 5 nitrogen and oxygen atoms in total. The molecule has 1 aromatic carbocycles. The summed E-state index contributed by atoms with van der Waals surface area (Å²) in [5.41, 5.74) is 0. The van der Waals surface area contributed by atoms with Crippen molar-refractivity contribution in [1.82, 2.24) is 9.21 Å². The molecule has 0 aromatic heterocycles. The van der Waals surface area contributed by atoms with Crippen molar-refractivity contribution in [3.63, 3.8) is 0 Å². The normalized spacial score (nSPS) is 16.6. The van der Waals surface area contributed by atoms with Crippen LogP contribution in [0.3, 0.4) is 0 Å². The summed E-state index contributed by atoms with van der Waals surface area (Å²) >= 11 is 5.77. The Hall–Kier alpha value is -1.11. The van der Waals surface area contributed by atoms with E-state index in [2.05, 4.69) is 0 Å². The molecule has 0 atom stereocenters. The highest BCUT2D eigenvalue weighted by Crippen LogP contribution is 2.18. The van der Waals surface area contributed by atoms with Gasteiger partial charge in [0.2, 0.25) is 15.9 Å². The third-order valence-corrected chi connectivity index (χ3v) is 5.91. The number of rotatable bonds is 4. The number of carbonyl (C=O) groups is 1. The first-order chi connectivity index (χ1) is 10.4. The molecule has 122 valence electrons. The Labute approximate surface area is 136 Å². The fourth-order valence-electron chi connectivity index (χ4n) is 2.48. The molecule has 1 aliphatic rings. The highest BCUT2D eigenvalue weighted by molar-refractivity contribution is 7.89. The lowest BCUT2D eigenvalue weighted by atomic mass is 10.2. The predicted molar refractivity (Wildman–Crippen MR) is 86.3 cm³/mol. The average Bonchev–Trinajstić information content (AvgIpc) is 2.76. The number of likely N-dealkylation sites (tertiary alicyclic amines) is 1. The summed E-state index contributed by atoms with van der Waals surface area (Å²) in [7, 11) is -2.24. The smallest absolute Gasteiger partial charge is 0.243 e. The summed E-state index contributed by atoms with van der Waals surface area (Å²) in [6.07, 6.45) is 4.23. The van der Waals surface area contributed by atoms with E-state index in [4.69, 9.17) is 11.6 Å². The molecular weight excluding hydrogens is 324 g/mol. The minimum Gasteiger partial charge on any atom is -0.342 e. The van der Waals surface area contributed by atoms with Gasteiger partial charge in [0.15, 0.2) is 0 Å². The Bertz CT molecular complexity index is 608. The molecule has 0 spiro atoms. The van der Waals surface area contributed by atoms with Crippen molar-refractivity contribution in [1.29, 1.82) is 0 Å². The molecule has 0 unspecified atom stereocenters. The van der Waals surface area contributed by atoms with Crippen LogP contribution in [0.2, 0.25) is 5.02 Å². The number of sulfonamides is 1. The number of halogens is 1. The highest BCUT2D eigenvalue weighted by atomic mass is 35.5. The van der Waals surface area contributed by atoms with Crippen LogP contribution in [0.1, 0.15) is 25.7 Å². The zero-order valence-electron chi connectivity index (χ0n) is 12.7. The van der Waals surface area contributed by atoms with E-state index in [1.165, 1.54) is 31.3 Å². The highest BCUT2D eigenvalue weighted by Gasteiger charge is 2.25. The van der Waals surface area contributed by atoms with Crippen molar-refractivity contribution in [3.05, 3.63) is 29.3 Å². The van der Waals surface area contributed by atoms with Gasteiger partial charge >= 0.3 is 0 Å². The number of carbonyl (C=O) groups excluding carboxylic acids is 1. The number of likely N-dealkylation sites (N-methyl/N-ethyl adjacent to an activating group) is 1. The molecule has 0 bridgehead atoms. The number of nitrogens with zero attached hydrogens (tertiary/aromatic N) is 2. The van der Waals surface area contributed by atoms with Crippen molar-refractivity contribution in [2.24, 2.45) is 0 Å². The van der Waals surface area contributed by atoms with E-state index in [1.807, 2.05) is 0 Å². The van der Waals surface area contributed by atoms with Gasteiger partial charge in [0, 0.05) is 25.2 Å². The van der Waals surface area contributed by atoms with E-state index < -0.39 is 10.0 Å². The number of benzene rings is 1. The van der Waals surface area contributed by atoms with Gasteiger partial charge in [-0.25, -0.2) is 8.42 Å². The zero-order valence-corrected chi connectivity index (χ0v) is 14.2. The summed E-state index contributed by atoms with van der Waals surface area (Å²) in [4.78, 5) is 14.2.